The van der Waals surface area contributed by atoms with Crippen LogP contribution in [-0.4, -0.2) is 47.0 Å². The van der Waals surface area contributed by atoms with E-state index in [0.717, 1.165) is 0 Å². The molecule has 0 bridgehead atoms. The smallest absolute Gasteiger partial charge is 0.330 e. The van der Waals surface area contributed by atoms with Gasteiger partial charge in [-0.3, -0.25) is 24.1 Å². The molecule has 0 spiro atoms. The number of fused-ring (bicyclic) bond motifs is 1. The molecule has 35 heavy (non-hydrogen) atoms. The van der Waals surface area contributed by atoms with Crippen molar-refractivity contribution in [3.05, 3.63) is 61.0 Å². The monoisotopic (exact) mass is 558 g/mol. The Balaban J connectivity index is 1.76. The average Bonchev–Trinajstić information content (AvgIpc) is 3.05. The van der Waals surface area contributed by atoms with E-state index in [4.69, 9.17) is 51.1 Å². The highest BCUT2D eigenvalue weighted by Gasteiger charge is 2.48. The Morgan fingerprint density at radius 3 is 1.80 bits per heavy atom. The lowest BCUT2D eigenvalue weighted by Crippen LogP contribution is -2.49. The number of Topliss-reactive ketones (excluding diaryl/α,β-unsaturated/α-hetero) is 1. The molecular weight excluding hydrogens is 542 g/mol. The number of esters is 1. The van der Waals surface area contributed by atoms with Gasteiger partial charge >= 0.3 is 5.97 Å². The van der Waals surface area contributed by atoms with Gasteiger partial charge in [0.2, 0.25) is 0 Å². The number of rotatable bonds is 7. The summed E-state index contributed by atoms with van der Waals surface area (Å²) in [6.07, 6.45) is 0. The number of ketones is 1. The highest BCUT2D eigenvalue weighted by atomic mass is 35.5. The van der Waals surface area contributed by atoms with Gasteiger partial charge in [0.15, 0.2) is 12.4 Å². The second-order valence-corrected chi connectivity index (χ2v) is 9.48. The third-order valence-corrected chi connectivity index (χ3v) is 7.01. The largest absolute Gasteiger partial charge is 0.454 e. The number of nitrogens with zero attached hydrogens (tertiary/aromatic N) is 1. The molecule has 1 heterocycles. The maximum absolute atomic E-state index is 13.1. The van der Waals surface area contributed by atoms with Crippen molar-refractivity contribution < 1.29 is 28.7 Å². The van der Waals surface area contributed by atoms with Crippen LogP contribution in [0.3, 0.4) is 0 Å². The van der Waals surface area contributed by atoms with Crippen LogP contribution in [0.4, 0.5) is 5.69 Å². The lowest BCUT2D eigenvalue weighted by atomic mass is 10.0. The van der Waals surface area contributed by atoms with E-state index < -0.39 is 42.3 Å². The summed E-state index contributed by atoms with van der Waals surface area (Å²) >= 11 is 24.3. The minimum absolute atomic E-state index is 0.128. The molecule has 0 radical (unpaired) electrons. The van der Waals surface area contributed by atoms with Crippen molar-refractivity contribution in [3.63, 3.8) is 0 Å². The predicted octanol–water partition coefficient (Wildman–Crippen LogP) is 5.31. The molecule has 1 N–H and O–H groups in total. The van der Waals surface area contributed by atoms with Crippen molar-refractivity contribution in [2.75, 3.05) is 11.9 Å². The summed E-state index contributed by atoms with van der Waals surface area (Å²) in [5.74, 6) is -4.14. The summed E-state index contributed by atoms with van der Waals surface area (Å²) in [7, 11) is 0. The molecule has 0 saturated carbocycles. The van der Waals surface area contributed by atoms with Gasteiger partial charge in [-0.1, -0.05) is 60.3 Å². The predicted molar refractivity (Wildman–Crippen MR) is 132 cm³/mol. The zero-order valence-electron chi connectivity index (χ0n) is 18.6. The van der Waals surface area contributed by atoms with E-state index in [9.17, 15) is 24.0 Å². The van der Waals surface area contributed by atoms with Crippen molar-refractivity contribution in [2.45, 2.75) is 26.8 Å². The number of anilines is 1. The lowest BCUT2D eigenvalue weighted by molar-refractivity contribution is -0.152. The Kier molecular flexibility index (Phi) is 8.11. The topological polar surface area (TPSA) is 110 Å². The molecule has 3 rings (SSSR count). The summed E-state index contributed by atoms with van der Waals surface area (Å²) in [5, 5.41) is 1.60. The third-order valence-electron chi connectivity index (χ3n) is 5.20. The van der Waals surface area contributed by atoms with Gasteiger partial charge in [0.25, 0.3) is 17.7 Å². The number of ether oxygens (including phenoxy) is 1. The van der Waals surface area contributed by atoms with Gasteiger partial charge in [0.1, 0.15) is 6.04 Å². The minimum atomic E-state index is -1.38. The Morgan fingerprint density at radius 2 is 1.37 bits per heavy atom. The van der Waals surface area contributed by atoms with E-state index in [1.165, 1.54) is 31.2 Å². The van der Waals surface area contributed by atoms with E-state index in [-0.39, 0.29) is 37.0 Å². The number of benzene rings is 2. The first kappa shape index (κ1) is 26.9. The molecule has 2 aromatic carbocycles. The van der Waals surface area contributed by atoms with Crippen LogP contribution >= 0.6 is 46.4 Å². The number of nitrogens with one attached hydrogen (secondary N) is 1. The molecule has 1 aliphatic rings. The van der Waals surface area contributed by atoms with Crippen molar-refractivity contribution in [1.82, 2.24) is 4.90 Å². The van der Waals surface area contributed by atoms with Gasteiger partial charge in [0.05, 0.1) is 31.2 Å². The van der Waals surface area contributed by atoms with E-state index in [0.29, 0.717) is 16.2 Å². The number of amides is 3. The fraction of sp³-hybridized carbons (Fsp3) is 0.261. The quantitative estimate of drug-likeness (QED) is 0.162. The van der Waals surface area contributed by atoms with E-state index in [1.54, 1.807) is 13.8 Å². The third kappa shape index (κ3) is 5.16. The average molecular weight is 560 g/mol. The molecule has 0 aromatic heterocycles. The minimum Gasteiger partial charge on any atom is -0.454 e. The molecule has 2 aromatic rings. The van der Waals surface area contributed by atoms with Gasteiger partial charge in [-0.05, 0) is 37.1 Å². The molecule has 1 aliphatic heterocycles. The SMILES string of the molecule is CC(=O)c1ccc(NC(=O)COC(=O)[C@@H](C(C)C)N2C(=O)c3c(Cl)c(Cl)c(Cl)c(Cl)c3C2=O)cc1. The van der Waals surface area contributed by atoms with Gasteiger partial charge < -0.3 is 10.1 Å². The van der Waals surface area contributed by atoms with E-state index in [1.807, 2.05) is 0 Å². The number of carbonyl (C=O) groups is 5. The van der Waals surface area contributed by atoms with Crippen molar-refractivity contribution >= 4 is 81.6 Å². The van der Waals surface area contributed by atoms with E-state index >= 15 is 0 Å². The fourth-order valence-corrected chi connectivity index (χ4v) is 4.52. The molecule has 0 aliphatic carbocycles. The van der Waals surface area contributed by atoms with Crippen LogP contribution < -0.4 is 5.32 Å². The highest BCUT2D eigenvalue weighted by molar-refractivity contribution is 6.55. The van der Waals surface area contributed by atoms with Crippen molar-refractivity contribution in [2.24, 2.45) is 5.92 Å². The summed E-state index contributed by atoms with van der Waals surface area (Å²) in [6, 6.07) is 4.74. The molecule has 8 nitrogen and oxygen atoms in total. The fourth-order valence-electron chi connectivity index (χ4n) is 3.50. The van der Waals surface area contributed by atoms with Gasteiger partial charge in [-0.25, -0.2) is 4.79 Å². The first-order valence-electron chi connectivity index (χ1n) is 10.2. The van der Waals surface area contributed by atoms with Crippen LogP contribution in [0.25, 0.3) is 0 Å². The second kappa shape index (κ2) is 10.5. The zero-order valence-corrected chi connectivity index (χ0v) is 21.6. The van der Waals surface area contributed by atoms with Crippen molar-refractivity contribution in [1.29, 1.82) is 0 Å². The summed E-state index contributed by atoms with van der Waals surface area (Å²) in [4.78, 5) is 63.4. The normalized spacial score (nSPS) is 13.7. The van der Waals surface area contributed by atoms with Gasteiger partial charge in [0, 0.05) is 11.3 Å². The zero-order chi connectivity index (χ0) is 26.2. The molecule has 12 heteroatoms. The Hall–Kier alpha value is -2.65. The Labute approximate surface area is 220 Å². The standard InChI is InChI=1S/C23H18Cl4N2O6/c1-9(2)20(23(34)35-8-13(31)28-12-6-4-11(5-7-12)10(3)30)29-21(32)14-15(22(29)33)17(25)19(27)18(26)16(14)24/h4-7,9,20H,8H2,1-3H3,(H,28,31)/t20-/m1/s1. The summed E-state index contributed by atoms with van der Waals surface area (Å²) < 4.78 is 5.11. The van der Waals surface area contributed by atoms with Crippen LogP contribution in [0.1, 0.15) is 51.8 Å². The molecule has 184 valence electrons. The van der Waals surface area contributed by atoms with E-state index in [2.05, 4.69) is 5.32 Å². The van der Waals surface area contributed by atoms with Crippen LogP contribution in [-0.2, 0) is 14.3 Å². The van der Waals surface area contributed by atoms with Crippen LogP contribution in [0.2, 0.25) is 20.1 Å². The molecule has 0 saturated heterocycles. The molecule has 3 amide bonds. The number of halogens is 4. The van der Waals surface area contributed by atoms with Crippen LogP contribution in [0.15, 0.2) is 24.3 Å². The van der Waals surface area contributed by atoms with Gasteiger partial charge in [-0.2, -0.15) is 0 Å². The number of hydrogen-bond donors (Lipinski definition) is 1. The second-order valence-electron chi connectivity index (χ2n) is 7.96. The summed E-state index contributed by atoms with van der Waals surface area (Å²) in [5.41, 5.74) is 0.329. The lowest BCUT2D eigenvalue weighted by Gasteiger charge is -2.27. The Bertz CT molecular complexity index is 1210. The first-order chi connectivity index (χ1) is 16.4. The van der Waals surface area contributed by atoms with Gasteiger partial charge in [-0.15, -0.1) is 0 Å². The maximum Gasteiger partial charge on any atom is 0.330 e. The molecular formula is C23H18Cl4N2O6. The number of carbonyl (C=O) groups excluding carboxylic acids is 5. The van der Waals surface area contributed by atoms with Crippen molar-refractivity contribution in [3.8, 4) is 0 Å². The Morgan fingerprint density at radius 1 is 0.886 bits per heavy atom. The highest BCUT2D eigenvalue weighted by Crippen LogP contribution is 2.45. The number of hydrogen-bond acceptors (Lipinski definition) is 6. The summed E-state index contributed by atoms with van der Waals surface area (Å²) in [6.45, 7) is 3.92. The maximum atomic E-state index is 13.1. The number of imide groups is 1. The molecule has 0 fully saturated rings. The van der Waals surface area contributed by atoms with Crippen LogP contribution in [0.5, 0.6) is 0 Å². The molecule has 0 unspecified atom stereocenters. The van der Waals surface area contributed by atoms with Crippen LogP contribution in [0, 0.1) is 5.92 Å². The first-order valence-corrected chi connectivity index (χ1v) is 11.7. The molecule has 1 atom stereocenters.